The summed E-state index contributed by atoms with van der Waals surface area (Å²) in [6.07, 6.45) is -0.296. The normalized spacial score (nSPS) is 14.8. The van der Waals surface area contributed by atoms with E-state index in [9.17, 15) is 4.79 Å². The molecule has 8 heavy (non-hydrogen) atoms. The number of carbonyl (C=O) groups is 1. The van der Waals surface area contributed by atoms with Gasteiger partial charge < -0.3 is 10.1 Å². The lowest BCUT2D eigenvalue weighted by atomic mass is 10.7. The lowest BCUT2D eigenvalue weighted by Crippen LogP contribution is -2.11. The fraction of sp³-hybridized carbons (Fsp3) is 0.667. The van der Waals surface area contributed by atoms with E-state index in [1.165, 1.54) is 0 Å². The van der Waals surface area contributed by atoms with Crippen LogP contribution in [0.3, 0.4) is 0 Å². The third-order valence-corrected chi connectivity index (χ3v) is 0.605. The summed E-state index contributed by atoms with van der Waals surface area (Å²) in [5.41, 5.74) is 0. The van der Waals surface area contributed by atoms with Gasteiger partial charge >= 0.3 is 6.09 Å². The van der Waals surface area contributed by atoms with Crippen molar-refractivity contribution in [3.05, 3.63) is 0 Å². The second-order valence-corrected chi connectivity index (χ2v) is 1.06. The van der Waals surface area contributed by atoms with E-state index in [1.54, 1.807) is 0 Å². The number of carbonyl (C=O) groups excluding carboxylic acids is 1. The molecule has 50 valence electrons. The molecule has 3 nitrogen and oxygen atoms in total. The molecule has 0 aromatic carbocycles. The Kier molecular flexibility index (Phi) is 6.72. The average Bonchev–Trinajstić information content (AvgIpc) is 1.86. The first-order valence-corrected chi connectivity index (χ1v) is 1.80. The molecule has 1 rings (SSSR count). The number of hydrogen-bond acceptors (Lipinski definition) is 2. The van der Waals surface area contributed by atoms with Gasteiger partial charge in [0.15, 0.2) is 0 Å². The summed E-state index contributed by atoms with van der Waals surface area (Å²) in [6.45, 7) is 1.19. The van der Waals surface area contributed by atoms with Crippen LogP contribution in [0.1, 0.15) is 0 Å². The van der Waals surface area contributed by atoms with Crippen molar-refractivity contribution < 1.29 is 9.53 Å². The van der Waals surface area contributed by atoms with Gasteiger partial charge in [0.25, 0.3) is 0 Å². The van der Waals surface area contributed by atoms with Gasteiger partial charge in [0, 0.05) is 0 Å². The molecule has 1 fully saturated rings. The molecule has 5 heteroatoms. The van der Waals surface area contributed by atoms with Gasteiger partial charge in [-0.05, 0) is 0 Å². The van der Waals surface area contributed by atoms with E-state index in [0.717, 1.165) is 0 Å². The highest BCUT2D eigenvalue weighted by Gasteiger charge is 2.06. The van der Waals surface area contributed by atoms with Gasteiger partial charge in [-0.1, -0.05) is 0 Å². The molecule has 0 saturated carbocycles. The maximum Gasteiger partial charge on any atom is 0.407 e. The Morgan fingerprint density at radius 3 is 2.25 bits per heavy atom. The average molecular weight is 160 g/mol. The van der Waals surface area contributed by atoms with Crippen LogP contribution in [-0.2, 0) is 4.74 Å². The first-order chi connectivity index (χ1) is 2.89. The van der Waals surface area contributed by atoms with Crippen LogP contribution in [0.2, 0.25) is 0 Å². The largest absolute Gasteiger partial charge is 0.448 e. The van der Waals surface area contributed by atoms with Gasteiger partial charge in [-0.15, -0.1) is 24.8 Å². The highest BCUT2D eigenvalue weighted by atomic mass is 35.5. The zero-order valence-electron chi connectivity index (χ0n) is 4.05. The lowest BCUT2D eigenvalue weighted by Gasteiger charge is -1.80. The van der Waals surface area contributed by atoms with Crippen molar-refractivity contribution in [3.8, 4) is 0 Å². The smallest absolute Gasteiger partial charge is 0.407 e. The zero-order chi connectivity index (χ0) is 4.41. The summed E-state index contributed by atoms with van der Waals surface area (Å²) < 4.78 is 4.40. The molecule has 1 amide bonds. The van der Waals surface area contributed by atoms with Crippen LogP contribution in [0.4, 0.5) is 4.79 Å². The van der Waals surface area contributed by atoms with E-state index in [2.05, 4.69) is 10.1 Å². The van der Waals surface area contributed by atoms with Crippen molar-refractivity contribution in [1.29, 1.82) is 0 Å². The summed E-state index contributed by atoms with van der Waals surface area (Å²) in [5.74, 6) is 0. The van der Waals surface area contributed by atoms with Crippen LogP contribution in [0, 0.1) is 0 Å². The second-order valence-electron chi connectivity index (χ2n) is 1.06. The van der Waals surface area contributed by atoms with Crippen molar-refractivity contribution >= 4 is 30.9 Å². The molecule has 1 N–H and O–H groups in total. The molecular formula is C3H7Cl2NO2. The van der Waals surface area contributed by atoms with Crippen LogP contribution in [0.15, 0.2) is 0 Å². The molecule has 0 aromatic rings. The number of ether oxygens (including phenoxy) is 1. The molecule has 1 aliphatic rings. The summed E-state index contributed by atoms with van der Waals surface area (Å²) >= 11 is 0. The predicted molar refractivity (Wildman–Crippen MR) is 33.8 cm³/mol. The monoisotopic (exact) mass is 159 g/mol. The summed E-state index contributed by atoms with van der Waals surface area (Å²) in [4.78, 5) is 9.91. The van der Waals surface area contributed by atoms with Crippen LogP contribution < -0.4 is 5.32 Å². The van der Waals surface area contributed by atoms with Crippen molar-refractivity contribution in [2.75, 3.05) is 13.2 Å². The fourth-order valence-electron chi connectivity index (χ4n) is 0.348. The zero-order valence-corrected chi connectivity index (χ0v) is 5.68. The topological polar surface area (TPSA) is 38.3 Å². The van der Waals surface area contributed by atoms with Crippen LogP contribution in [0.25, 0.3) is 0 Å². The molecule has 0 unspecified atom stereocenters. The van der Waals surface area contributed by atoms with Crippen LogP contribution >= 0.6 is 24.8 Å². The lowest BCUT2D eigenvalue weighted by molar-refractivity contribution is 0.178. The van der Waals surface area contributed by atoms with E-state index >= 15 is 0 Å². The van der Waals surface area contributed by atoms with Crippen LogP contribution in [-0.4, -0.2) is 19.2 Å². The number of amides is 1. The third-order valence-electron chi connectivity index (χ3n) is 0.605. The quantitative estimate of drug-likeness (QED) is 0.562. The fourth-order valence-corrected chi connectivity index (χ4v) is 0.348. The Hall–Kier alpha value is -0.150. The highest BCUT2D eigenvalue weighted by Crippen LogP contribution is 1.82. The molecule has 0 spiro atoms. The van der Waals surface area contributed by atoms with Gasteiger partial charge in [-0.2, -0.15) is 0 Å². The molecular weight excluding hydrogens is 153 g/mol. The minimum Gasteiger partial charge on any atom is -0.448 e. The molecule has 1 aliphatic heterocycles. The SMILES string of the molecule is Cl.Cl.O=C1NCCO1. The first kappa shape index (κ1) is 10.8. The highest BCUT2D eigenvalue weighted by molar-refractivity contribution is 5.85. The van der Waals surface area contributed by atoms with E-state index < -0.39 is 0 Å². The van der Waals surface area contributed by atoms with Crippen molar-refractivity contribution in [2.45, 2.75) is 0 Å². The van der Waals surface area contributed by atoms with Gasteiger partial charge in [0.2, 0.25) is 0 Å². The first-order valence-electron chi connectivity index (χ1n) is 1.80. The maximum atomic E-state index is 9.91. The molecule has 0 radical (unpaired) electrons. The number of cyclic esters (lactones) is 1. The Labute approximate surface area is 59.6 Å². The number of hydrogen-bond donors (Lipinski definition) is 1. The predicted octanol–water partition coefficient (Wildman–Crippen LogP) is 0.570. The minimum atomic E-state index is -0.296. The Morgan fingerprint density at radius 2 is 2.12 bits per heavy atom. The second kappa shape index (κ2) is 5.00. The van der Waals surface area contributed by atoms with Gasteiger partial charge in [-0.3, -0.25) is 0 Å². The molecule has 0 atom stereocenters. The van der Waals surface area contributed by atoms with Gasteiger partial charge in [0.1, 0.15) is 6.61 Å². The summed E-state index contributed by atoms with van der Waals surface area (Å²) in [7, 11) is 0. The van der Waals surface area contributed by atoms with E-state index in [1.807, 2.05) is 0 Å². The van der Waals surface area contributed by atoms with Crippen molar-refractivity contribution in [2.24, 2.45) is 0 Å². The summed E-state index contributed by atoms with van der Waals surface area (Å²) in [5, 5.41) is 2.46. The van der Waals surface area contributed by atoms with Gasteiger partial charge in [-0.25, -0.2) is 4.79 Å². The van der Waals surface area contributed by atoms with E-state index in [-0.39, 0.29) is 30.9 Å². The standard InChI is InChI=1S/C3H5NO2.2ClH/c5-3-4-1-2-6-3;;/h1-2H2,(H,4,5);2*1H. The molecule has 0 aliphatic carbocycles. The molecule has 0 bridgehead atoms. The van der Waals surface area contributed by atoms with Crippen LogP contribution in [0.5, 0.6) is 0 Å². The number of nitrogens with one attached hydrogen (secondary N) is 1. The third kappa shape index (κ3) is 2.93. The number of rotatable bonds is 0. The minimum absolute atomic E-state index is 0. The van der Waals surface area contributed by atoms with Crippen molar-refractivity contribution in [3.63, 3.8) is 0 Å². The Morgan fingerprint density at radius 1 is 1.50 bits per heavy atom. The van der Waals surface area contributed by atoms with Crippen molar-refractivity contribution in [1.82, 2.24) is 5.32 Å². The summed E-state index contributed by atoms with van der Waals surface area (Å²) in [6, 6.07) is 0. The molecule has 0 aromatic heterocycles. The Balaban J connectivity index is 0. The van der Waals surface area contributed by atoms with E-state index in [4.69, 9.17) is 0 Å². The Bertz CT molecular complexity index is 69.7. The van der Waals surface area contributed by atoms with E-state index in [0.29, 0.717) is 13.2 Å². The van der Waals surface area contributed by atoms with Gasteiger partial charge in [0.05, 0.1) is 6.54 Å². The molecule has 1 saturated heterocycles. The number of alkyl carbamates (subject to hydrolysis) is 1. The molecule has 1 heterocycles. The number of halogens is 2. The maximum absolute atomic E-state index is 9.91.